The number of aromatic nitrogens is 2. The fourth-order valence-corrected chi connectivity index (χ4v) is 4.06. The van der Waals surface area contributed by atoms with E-state index < -0.39 is 11.2 Å². The van der Waals surface area contributed by atoms with E-state index in [4.69, 9.17) is 5.73 Å². The molecule has 1 atom stereocenters. The standard InChI is InChI=1S/C24H25N5O4/c1-28(19(30)12-11-17-13-16-9-5-6-10-18(16)26-22(17)31)20-21(25)29(24(33)27-23(20)32)14-15-7-3-2-4-8-15/h2-10,17H,11-14,25H2,1H3,(H,26,31)(H,27,32,33). The SMILES string of the molecule is CN(C(=O)CCC1Cc2ccccc2NC1=O)c1c(N)n(Cc2ccccc2)c(=O)[nH]c1=O. The van der Waals surface area contributed by atoms with Crippen LogP contribution in [0.25, 0.3) is 0 Å². The fraction of sp³-hybridized carbons (Fsp3) is 0.250. The Morgan fingerprint density at radius 1 is 1.09 bits per heavy atom. The largest absolute Gasteiger partial charge is 0.383 e. The predicted molar refractivity (Wildman–Crippen MR) is 126 cm³/mol. The number of nitrogens with two attached hydrogens (primary N) is 1. The van der Waals surface area contributed by atoms with Gasteiger partial charge in [0.15, 0.2) is 5.69 Å². The minimum absolute atomic E-state index is 0.0491. The number of aromatic amines is 1. The van der Waals surface area contributed by atoms with Gasteiger partial charge in [0.1, 0.15) is 5.82 Å². The Labute approximate surface area is 189 Å². The summed E-state index contributed by atoms with van der Waals surface area (Å²) in [4.78, 5) is 53.6. The molecule has 2 heterocycles. The Morgan fingerprint density at radius 3 is 2.55 bits per heavy atom. The van der Waals surface area contributed by atoms with Crippen molar-refractivity contribution in [2.75, 3.05) is 23.0 Å². The molecule has 0 radical (unpaired) electrons. The number of rotatable bonds is 6. The van der Waals surface area contributed by atoms with Gasteiger partial charge < -0.3 is 16.0 Å². The first-order chi connectivity index (χ1) is 15.8. The van der Waals surface area contributed by atoms with Crippen molar-refractivity contribution in [1.29, 1.82) is 0 Å². The molecule has 9 heteroatoms. The molecule has 2 aromatic carbocycles. The van der Waals surface area contributed by atoms with Gasteiger partial charge in [0.05, 0.1) is 6.54 Å². The molecule has 1 aliphatic heterocycles. The maximum absolute atomic E-state index is 12.9. The number of para-hydroxylation sites is 1. The Morgan fingerprint density at radius 2 is 1.79 bits per heavy atom. The average molecular weight is 447 g/mol. The second kappa shape index (κ2) is 9.15. The Bertz CT molecular complexity index is 1310. The van der Waals surface area contributed by atoms with Crippen LogP contribution in [0, 0.1) is 5.92 Å². The van der Waals surface area contributed by atoms with Crippen LogP contribution in [0.1, 0.15) is 24.0 Å². The maximum atomic E-state index is 12.9. The van der Waals surface area contributed by atoms with Gasteiger partial charge in [-0.05, 0) is 30.0 Å². The van der Waals surface area contributed by atoms with Crippen molar-refractivity contribution >= 4 is 29.0 Å². The highest BCUT2D eigenvalue weighted by molar-refractivity contribution is 5.97. The zero-order valence-corrected chi connectivity index (χ0v) is 18.2. The first-order valence-electron chi connectivity index (χ1n) is 10.7. The Kier molecular flexibility index (Phi) is 6.12. The van der Waals surface area contributed by atoms with Gasteiger partial charge in [-0.25, -0.2) is 4.79 Å². The van der Waals surface area contributed by atoms with E-state index in [2.05, 4.69) is 10.3 Å². The number of anilines is 3. The molecule has 1 aliphatic rings. The first-order valence-corrected chi connectivity index (χ1v) is 10.7. The summed E-state index contributed by atoms with van der Waals surface area (Å²) in [5.74, 6) is -0.936. The van der Waals surface area contributed by atoms with Gasteiger partial charge >= 0.3 is 5.69 Å². The number of fused-ring (bicyclic) bond motifs is 1. The molecule has 0 saturated carbocycles. The Hall–Kier alpha value is -4.14. The van der Waals surface area contributed by atoms with Crippen LogP contribution in [0.4, 0.5) is 17.2 Å². The molecule has 33 heavy (non-hydrogen) atoms. The highest BCUT2D eigenvalue weighted by Crippen LogP contribution is 2.28. The normalized spacial score (nSPS) is 14.9. The zero-order chi connectivity index (χ0) is 23.5. The van der Waals surface area contributed by atoms with Crippen LogP contribution < -0.4 is 27.2 Å². The van der Waals surface area contributed by atoms with Gasteiger partial charge in [-0.1, -0.05) is 48.5 Å². The second-order valence-electron chi connectivity index (χ2n) is 8.10. The maximum Gasteiger partial charge on any atom is 0.330 e. The molecule has 3 aromatic rings. The number of carbonyl (C=O) groups is 2. The van der Waals surface area contributed by atoms with E-state index in [0.717, 1.165) is 21.7 Å². The molecule has 4 rings (SSSR count). The molecule has 2 amide bonds. The minimum Gasteiger partial charge on any atom is -0.383 e. The van der Waals surface area contributed by atoms with Gasteiger partial charge in [0, 0.05) is 25.1 Å². The van der Waals surface area contributed by atoms with Crippen molar-refractivity contribution in [2.45, 2.75) is 25.8 Å². The number of nitrogens with zero attached hydrogens (tertiary/aromatic N) is 2. The Balaban J connectivity index is 1.50. The number of hydrogen-bond acceptors (Lipinski definition) is 5. The molecule has 9 nitrogen and oxygen atoms in total. The van der Waals surface area contributed by atoms with E-state index in [0.29, 0.717) is 12.8 Å². The number of hydrogen-bond donors (Lipinski definition) is 3. The van der Waals surface area contributed by atoms with E-state index >= 15 is 0 Å². The molecule has 0 spiro atoms. The highest BCUT2D eigenvalue weighted by atomic mass is 16.2. The molecular formula is C24H25N5O4. The van der Waals surface area contributed by atoms with E-state index in [-0.39, 0.29) is 42.2 Å². The molecular weight excluding hydrogens is 422 g/mol. The van der Waals surface area contributed by atoms with E-state index in [1.54, 1.807) is 0 Å². The lowest BCUT2D eigenvalue weighted by molar-refractivity contribution is -0.121. The van der Waals surface area contributed by atoms with E-state index in [9.17, 15) is 19.2 Å². The molecule has 0 saturated heterocycles. The summed E-state index contributed by atoms with van der Waals surface area (Å²) in [7, 11) is 1.44. The number of carbonyl (C=O) groups excluding carboxylic acids is 2. The number of nitrogens with one attached hydrogen (secondary N) is 2. The van der Waals surface area contributed by atoms with Gasteiger partial charge in [-0.3, -0.25) is 23.9 Å². The lowest BCUT2D eigenvalue weighted by Crippen LogP contribution is -2.39. The third kappa shape index (κ3) is 4.57. The van der Waals surface area contributed by atoms with Crippen molar-refractivity contribution in [2.24, 2.45) is 5.92 Å². The summed E-state index contributed by atoms with van der Waals surface area (Å²) in [5, 5.41) is 2.87. The van der Waals surface area contributed by atoms with Crippen LogP contribution >= 0.6 is 0 Å². The smallest absolute Gasteiger partial charge is 0.330 e. The van der Waals surface area contributed by atoms with Crippen molar-refractivity contribution in [1.82, 2.24) is 9.55 Å². The van der Waals surface area contributed by atoms with E-state index in [1.807, 2.05) is 54.6 Å². The molecule has 0 aliphatic carbocycles. The summed E-state index contributed by atoms with van der Waals surface area (Å²) >= 11 is 0. The predicted octanol–water partition coefficient (Wildman–Crippen LogP) is 1.72. The highest BCUT2D eigenvalue weighted by Gasteiger charge is 2.28. The second-order valence-corrected chi connectivity index (χ2v) is 8.10. The molecule has 0 fully saturated rings. The summed E-state index contributed by atoms with van der Waals surface area (Å²) < 4.78 is 1.22. The van der Waals surface area contributed by atoms with Crippen molar-refractivity contribution in [3.63, 3.8) is 0 Å². The summed E-state index contributed by atoms with van der Waals surface area (Å²) in [6.07, 6.45) is 0.919. The third-order valence-electron chi connectivity index (χ3n) is 5.93. The van der Waals surface area contributed by atoms with Crippen molar-refractivity contribution < 1.29 is 9.59 Å². The number of benzene rings is 2. The quantitative estimate of drug-likeness (QED) is 0.530. The van der Waals surface area contributed by atoms with Crippen LogP contribution in [0.5, 0.6) is 0 Å². The molecule has 1 aromatic heterocycles. The average Bonchev–Trinajstić information content (AvgIpc) is 2.80. The third-order valence-corrected chi connectivity index (χ3v) is 5.93. The minimum atomic E-state index is -0.734. The molecule has 170 valence electrons. The lowest BCUT2D eigenvalue weighted by Gasteiger charge is -2.25. The molecule has 1 unspecified atom stereocenters. The van der Waals surface area contributed by atoms with Crippen molar-refractivity contribution in [3.05, 3.63) is 86.6 Å². The summed E-state index contributed by atoms with van der Waals surface area (Å²) in [6, 6.07) is 16.7. The van der Waals surface area contributed by atoms with Gasteiger partial charge in [0.25, 0.3) is 5.56 Å². The van der Waals surface area contributed by atoms with Gasteiger partial charge in [-0.15, -0.1) is 0 Å². The lowest BCUT2D eigenvalue weighted by atomic mass is 9.89. The fourth-order valence-electron chi connectivity index (χ4n) is 4.06. The molecule has 4 N–H and O–H groups in total. The van der Waals surface area contributed by atoms with Crippen LogP contribution in [-0.2, 0) is 22.6 Å². The van der Waals surface area contributed by atoms with Crippen LogP contribution in [0.2, 0.25) is 0 Å². The summed E-state index contributed by atoms with van der Waals surface area (Å²) in [5.41, 5.74) is 7.34. The van der Waals surface area contributed by atoms with Crippen LogP contribution in [-0.4, -0.2) is 28.4 Å². The van der Waals surface area contributed by atoms with Crippen LogP contribution in [0.15, 0.2) is 64.2 Å². The monoisotopic (exact) mass is 447 g/mol. The van der Waals surface area contributed by atoms with Crippen LogP contribution in [0.3, 0.4) is 0 Å². The van der Waals surface area contributed by atoms with Crippen molar-refractivity contribution in [3.8, 4) is 0 Å². The number of H-pyrrole nitrogens is 1. The van der Waals surface area contributed by atoms with Gasteiger partial charge in [0.2, 0.25) is 11.8 Å². The van der Waals surface area contributed by atoms with Gasteiger partial charge in [-0.2, -0.15) is 0 Å². The number of nitrogen functional groups attached to an aromatic ring is 1. The number of amides is 2. The zero-order valence-electron chi connectivity index (χ0n) is 18.2. The summed E-state index contributed by atoms with van der Waals surface area (Å²) in [6.45, 7) is 0.152. The van der Waals surface area contributed by atoms with E-state index in [1.165, 1.54) is 11.6 Å². The topological polar surface area (TPSA) is 130 Å². The molecule has 0 bridgehead atoms. The first kappa shape index (κ1) is 22.1.